The lowest BCUT2D eigenvalue weighted by molar-refractivity contribution is 0.386. The van der Waals surface area contributed by atoms with E-state index in [0.717, 1.165) is 18.5 Å². The van der Waals surface area contributed by atoms with Crippen molar-refractivity contribution in [2.75, 3.05) is 13.7 Å². The molecule has 2 rings (SSSR count). The molecule has 0 amide bonds. The zero-order chi connectivity index (χ0) is 15.2. The van der Waals surface area contributed by atoms with Gasteiger partial charge in [0.15, 0.2) is 11.6 Å². The van der Waals surface area contributed by atoms with E-state index < -0.39 is 0 Å². The van der Waals surface area contributed by atoms with Crippen LogP contribution in [0.15, 0.2) is 42.5 Å². The number of likely N-dealkylation sites (N-methyl/N-ethyl adjacent to an activating group) is 1. The average Bonchev–Trinajstić information content (AvgIpc) is 2.47. The van der Waals surface area contributed by atoms with Crippen molar-refractivity contribution in [2.24, 2.45) is 0 Å². The van der Waals surface area contributed by atoms with Gasteiger partial charge in [-0.05, 0) is 64.9 Å². The predicted octanol–water partition coefficient (Wildman–Crippen LogP) is 4.33. The van der Waals surface area contributed by atoms with E-state index in [1.165, 1.54) is 16.2 Å². The number of benzene rings is 2. The van der Waals surface area contributed by atoms with Gasteiger partial charge in [-0.25, -0.2) is 4.39 Å². The molecule has 0 aromatic heterocycles. The molecule has 0 heterocycles. The highest BCUT2D eigenvalue weighted by molar-refractivity contribution is 14.1. The van der Waals surface area contributed by atoms with Gasteiger partial charge < -0.3 is 10.1 Å². The summed E-state index contributed by atoms with van der Waals surface area (Å²) < 4.78 is 20.0. The molecule has 0 saturated heterocycles. The number of hydrogen-bond acceptors (Lipinski definition) is 2. The maximum Gasteiger partial charge on any atom is 0.165 e. The van der Waals surface area contributed by atoms with Crippen LogP contribution < -0.4 is 10.1 Å². The fraction of sp³-hybridized carbons (Fsp3) is 0.294. The van der Waals surface area contributed by atoms with Crippen LogP contribution >= 0.6 is 22.6 Å². The molecule has 21 heavy (non-hydrogen) atoms. The topological polar surface area (TPSA) is 21.3 Å². The molecule has 0 bridgehead atoms. The van der Waals surface area contributed by atoms with Crippen LogP contribution in [0.1, 0.15) is 24.1 Å². The first-order chi connectivity index (χ1) is 10.2. The third-order valence-corrected chi connectivity index (χ3v) is 4.37. The number of ether oxygens (including phenoxy) is 1. The molecule has 0 saturated carbocycles. The van der Waals surface area contributed by atoms with E-state index in [0.29, 0.717) is 0 Å². The Kier molecular flexibility index (Phi) is 5.99. The lowest BCUT2D eigenvalue weighted by Crippen LogP contribution is -2.23. The van der Waals surface area contributed by atoms with Crippen LogP contribution in [0.4, 0.5) is 4.39 Å². The zero-order valence-corrected chi connectivity index (χ0v) is 14.4. The summed E-state index contributed by atoms with van der Waals surface area (Å²) in [5.41, 5.74) is 2.20. The Bertz CT molecular complexity index is 603. The first-order valence-electron chi connectivity index (χ1n) is 6.96. The number of hydrogen-bond donors (Lipinski definition) is 1. The standard InChI is InChI=1S/C17H19FINO/c1-3-20-16(13-6-4-5-7-15(13)19)11-12-8-9-17(21-2)14(18)10-12/h4-10,16,20H,3,11H2,1-2H3. The summed E-state index contributed by atoms with van der Waals surface area (Å²) in [6.07, 6.45) is 0.745. The molecule has 2 aromatic rings. The van der Waals surface area contributed by atoms with Gasteiger partial charge in [-0.15, -0.1) is 0 Å². The van der Waals surface area contributed by atoms with Crippen LogP contribution in [0.2, 0.25) is 0 Å². The molecule has 2 nitrogen and oxygen atoms in total. The van der Waals surface area contributed by atoms with Crippen molar-refractivity contribution < 1.29 is 9.13 Å². The Labute approximate surface area is 138 Å². The van der Waals surface area contributed by atoms with Crippen molar-refractivity contribution in [3.8, 4) is 5.75 Å². The molecule has 2 aromatic carbocycles. The van der Waals surface area contributed by atoms with Gasteiger partial charge in [0.25, 0.3) is 0 Å². The Morgan fingerprint density at radius 2 is 2.00 bits per heavy atom. The van der Waals surface area contributed by atoms with Gasteiger partial charge in [-0.3, -0.25) is 0 Å². The Morgan fingerprint density at radius 3 is 2.62 bits per heavy atom. The second-order valence-electron chi connectivity index (χ2n) is 4.80. The number of halogens is 2. The highest BCUT2D eigenvalue weighted by Crippen LogP contribution is 2.25. The summed E-state index contributed by atoms with van der Waals surface area (Å²) in [5, 5.41) is 3.48. The number of methoxy groups -OCH3 is 1. The van der Waals surface area contributed by atoms with Crippen molar-refractivity contribution in [1.82, 2.24) is 5.32 Å². The van der Waals surface area contributed by atoms with Gasteiger partial charge in [0.2, 0.25) is 0 Å². The number of nitrogens with one attached hydrogen (secondary N) is 1. The summed E-state index contributed by atoms with van der Waals surface area (Å²) >= 11 is 2.34. The van der Waals surface area contributed by atoms with Gasteiger partial charge in [-0.2, -0.15) is 0 Å². The van der Waals surface area contributed by atoms with Crippen molar-refractivity contribution in [3.05, 3.63) is 63.0 Å². The van der Waals surface area contributed by atoms with Gasteiger partial charge in [-0.1, -0.05) is 31.2 Å². The monoisotopic (exact) mass is 399 g/mol. The smallest absolute Gasteiger partial charge is 0.165 e. The van der Waals surface area contributed by atoms with Crippen molar-refractivity contribution in [3.63, 3.8) is 0 Å². The Hall–Kier alpha value is -1.14. The molecule has 0 radical (unpaired) electrons. The fourth-order valence-electron chi connectivity index (χ4n) is 2.37. The predicted molar refractivity (Wildman–Crippen MR) is 92.2 cm³/mol. The fourth-order valence-corrected chi connectivity index (χ4v) is 3.13. The SMILES string of the molecule is CCNC(Cc1ccc(OC)c(F)c1)c1ccccc1I. The highest BCUT2D eigenvalue weighted by atomic mass is 127. The maximum atomic E-state index is 13.8. The first kappa shape index (κ1) is 16.2. The van der Waals surface area contributed by atoms with Gasteiger partial charge >= 0.3 is 0 Å². The minimum atomic E-state index is -0.312. The molecular weight excluding hydrogens is 380 g/mol. The third kappa shape index (κ3) is 4.17. The van der Waals surface area contributed by atoms with Gasteiger partial charge in [0.1, 0.15) is 0 Å². The minimum absolute atomic E-state index is 0.177. The molecule has 0 aliphatic carbocycles. The largest absolute Gasteiger partial charge is 0.494 e. The van der Waals surface area contributed by atoms with Crippen LogP contribution in [0.25, 0.3) is 0 Å². The molecule has 0 aliphatic heterocycles. The summed E-state index contributed by atoms with van der Waals surface area (Å²) in [6.45, 7) is 2.95. The maximum absolute atomic E-state index is 13.8. The minimum Gasteiger partial charge on any atom is -0.494 e. The summed E-state index contributed by atoms with van der Waals surface area (Å²) in [5.74, 6) is -0.0268. The second kappa shape index (κ2) is 7.75. The van der Waals surface area contributed by atoms with Crippen LogP contribution in [0.5, 0.6) is 5.75 Å². The van der Waals surface area contributed by atoms with Gasteiger partial charge in [0.05, 0.1) is 7.11 Å². The molecule has 0 aliphatic rings. The third-order valence-electron chi connectivity index (χ3n) is 3.39. The lowest BCUT2D eigenvalue weighted by Gasteiger charge is -2.20. The first-order valence-corrected chi connectivity index (χ1v) is 8.03. The molecule has 1 N–H and O–H groups in total. The molecule has 0 spiro atoms. The Morgan fingerprint density at radius 1 is 1.24 bits per heavy atom. The molecular formula is C17H19FINO. The van der Waals surface area contributed by atoms with Gasteiger partial charge in [0, 0.05) is 9.61 Å². The zero-order valence-electron chi connectivity index (χ0n) is 12.2. The van der Waals surface area contributed by atoms with E-state index in [9.17, 15) is 4.39 Å². The van der Waals surface area contributed by atoms with Crippen LogP contribution in [-0.2, 0) is 6.42 Å². The van der Waals surface area contributed by atoms with Crippen molar-refractivity contribution in [2.45, 2.75) is 19.4 Å². The molecule has 1 unspecified atom stereocenters. The quantitative estimate of drug-likeness (QED) is 0.731. The average molecular weight is 399 g/mol. The van der Waals surface area contributed by atoms with E-state index in [1.54, 1.807) is 12.1 Å². The second-order valence-corrected chi connectivity index (χ2v) is 5.97. The van der Waals surface area contributed by atoms with E-state index in [-0.39, 0.29) is 17.6 Å². The van der Waals surface area contributed by atoms with E-state index in [4.69, 9.17) is 4.74 Å². The molecule has 4 heteroatoms. The molecule has 112 valence electrons. The van der Waals surface area contributed by atoms with E-state index in [1.807, 2.05) is 18.2 Å². The Balaban J connectivity index is 2.24. The van der Waals surface area contributed by atoms with Crippen LogP contribution in [0, 0.1) is 9.39 Å². The molecule has 0 fully saturated rings. The summed E-state index contributed by atoms with van der Waals surface area (Å²) in [6, 6.07) is 13.6. The molecule has 1 atom stereocenters. The van der Waals surface area contributed by atoms with Crippen molar-refractivity contribution in [1.29, 1.82) is 0 Å². The normalized spacial score (nSPS) is 12.2. The van der Waals surface area contributed by atoms with Crippen LogP contribution in [-0.4, -0.2) is 13.7 Å². The number of rotatable bonds is 6. The van der Waals surface area contributed by atoms with E-state index in [2.05, 4.69) is 47.0 Å². The highest BCUT2D eigenvalue weighted by Gasteiger charge is 2.15. The van der Waals surface area contributed by atoms with Crippen molar-refractivity contribution >= 4 is 22.6 Å². The van der Waals surface area contributed by atoms with E-state index >= 15 is 0 Å². The lowest BCUT2D eigenvalue weighted by atomic mass is 9.98. The summed E-state index contributed by atoms with van der Waals surface area (Å²) in [4.78, 5) is 0. The summed E-state index contributed by atoms with van der Waals surface area (Å²) in [7, 11) is 1.48. The van der Waals surface area contributed by atoms with Crippen LogP contribution in [0.3, 0.4) is 0 Å².